The number of methoxy groups -OCH3 is 1. The summed E-state index contributed by atoms with van der Waals surface area (Å²) in [6, 6.07) is 19.1. The number of hydrazone groups is 1. The van der Waals surface area contributed by atoms with Crippen molar-refractivity contribution >= 4 is 57.9 Å². The van der Waals surface area contributed by atoms with Crippen LogP contribution in [0.2, 0.25) is 5.02 Å². The summed E-state index contributed by atoms with van der Waals surface area (Å²) >= 11 is 7.93. The molecule has 2 N–H and O–H groups in total. The lowest BCUT2D eigenvalue weighted by atomic mass is 10.2. The van der Waals surface area contributed by atoms with Crippen molar-refractivity contribution in [3.63, 3.8) is 0 Å². The van der Waals surface area contributed by atoms with E-state index < -0.39 is 0 Å². The first kappa shape index (κ1) is 23.6. The molecule has 0 aliphatic heterocycles. The molecule has 0 radical (unpaired) electrons. The molecule has 9 heteroatoms. The summed E-state index contributed by atoms with van der Waals surface area (Å²) in [5.41, 5.74) is 4.30. The zero-order valence-corrected chi connectivity index (χ0v) is 19.9. The van der Waals surface area contributed by atoms with Crippen LogP contribution < -0.4 is 20.2 Å². The molecule has 0 spiro atoms. The predicted molar refractivity (Wildman–Crippen MR) is 133 cm³/mol. The van der Waals surface area contributed by atoms with Crippen LogP contribution in [0.25, 0.3) is 0 Å². The van der Waals surface area contributed by atoms with E-state index in [0.717, 1.165) is 3.57 Å². The van der Waals surface area contributed by atoms with E-state index in [2.05, 4.69) is 38.4 Å². The standard InChI is InChI=1S/C23H19ClIN3O4/c1-31-20-12-15(13-26-28-23(30)16-5-3-2-4-6-16)11-19(25)22(20)32-14-21(29)27-18-9-7-17(24)8-10-18/h2-13H,14H2,1H3,(H,27,29)(H,28,30)/b26-13+. The summed E-state index contributed by atoms with van der Waals surface area (Å²) in [7, 11) is 1.50. The molecule has 0 unspecified atom stereocenters. The summed E-state index contributed by atoms with van der Waals surface area (Å²) < 4.78 is 11.8. The Morgan fingerprint density at radius 1 is 1.09 bits per heavy atom. The van der Waals surface area contributed by atoms with E-state index in [0.29, 0.717) is 33.3 Å². The molecular formula is C23H19ClIN3O4. The van der Waals surface area contributed by atoms with Crippen LogP contribution in [0, 0.1) is 3.57 Å². The van der Waals surface area contributed by atoms with Crippen LogP contribution in [0.5, 0.6) is 11.5 Å². The second-order valence-corrected chi connectivity index (χ2v) is 8.04. The van der Waals surface area contributed by atoms with Gasteiger partial charge in [-0.05, 0) is 76.7 Å². The second kappa shape index (κ2) is 11.5. The number of hydrogen-bond donors (Lipinski definition) is 2. The summed E-state index contributed by atoms with van der Waals surface area (Å²) in [6.07, 6.45) is 1.50. The number of anilines is 1. The molecular weight excluding hydrogens is 545 g/mol. The third-order valence-electron chi connectivity index (χ3n) is 4.14. The van der Waals surface area contributed by atoms with E-state index >= 15 is 0 Å². The minimum Gasteiger partial charge on any atom is -0.493 e. The van der Waals surface area contributed by atoms with E-state index in [4.69, 9.17) is 21.1 Å². The third-order valence-corrected chi connectivity index (χ3v) is 5.20. The highest BCUT2D eigenvalue weighted by Gasteiger charge is 2.13. The maximum atomic E-state index is 12.2. The fraction of sp³-hybridized carbons (Fsp3) is 0.0870. The monoisotopic (exact) mass is 563 g/mol. The summed E-state index contributed by atoms with van der Waals surface area (Å²) in [6.45, 7) is -0.199. The van der Waals surface area contributed by atoms with E-state index in [1.807, 2.05) is 6.07 Å². The zero-order chi connectivity index (χ0) is 22.9. The number of halogens is 2. The molecule has 0 bridgehead atoms. The highest BCUT2D eigenvalue weighted by molar-refractivity contribution is 14.1. The van der Waals surface area contributed by atoms with Gasteiger partial charge in [-0.25, -0.2) is 5.43 Å². The van der Waals surface area contributed by atoms with Gasteiger partial charge in [0.05, 0.1) is 16.9 Å². The number of carbonyl (C=O) groups excluding carboxylic acids is 2. The maximum Gasteiger partial charge on any atom is 0.271 e. The van der Waals surface area contributed by atoms with Gasteiger partial charge in [0, 0.05) is 16.3 Å². The number of nitrogens with one attached hydrogen (secondary N) is 2. The Balaban J connectivity index is 1.62. The molecule has 0 heterocycles. The molecule has 32 heavy (non-hydrogen) atoms. The lowest BCUT2D eigenvalue weighted by Gasteiger charge is -2.13. The number of ether oxygens (including phenoxy) is 2. The molecule has 3 aromatic rings. The molecule has 164 valence electrons. The largest absolute Gasteiger partial charge is 0.493 e. The van der Waals surface area contributed by atoms with Gasteiger partial charge in [0.2, 0.25) is 0 Å². The fourth-order valence-electron chi connectivity index (χ4n) is 2.64. The molecule has 3 rings (SSSR count). The van der Waals surface area contributed by atoms with Gasteiger partial charge in [0.25, 0.3) is 11.8 Å². The molecule has 0 saturated heterocycles. The van der Waals surface area contributed by atoms with Crippen molar-refractivity contribution in [2.75, 3.05) is 19.0 Å². The van der Waals surface area contributed by atoms with E-state index in [1.165, 1.54) is 13.3 Å². The van der Waals surface area contributed by atoms with Gasteiger partial charge < -0.3 is 14.8 Å². The van der Waals surface area contributed by atoms with Gasteiger partial charge in [0.15, 0.2) is 18.1 Å². The molecule has 0 fully saturated rings. The Kier molecular flexibility index (Phi) is 8.46. The highest BCUT2D eigenvalue weighted by atomic mass is 127. The summed E-state index contributed by atoms with van der Waals surface area (Å²) in [5, 5.41) is 7.31. The van der Waals surface area contributed by atoms with E-state index in [1.54, 1.807) is 60.7 Å². The maximum absolute atomic E-state index is 12.2. The van der Waals surface area contributed by atoms with Crippen molar-refractivity contribution in [3.05, 3.63) is 86.4 Å². The molecule has 0 saturated carbocycles. The van der Waals surface area contributed by atoms with Crippen molar-refractivity contribution in [2.45, 2.75) is 0 Å². The van der Waals surface area contributed by atoms with Crippen LogP contribution in [0.3, 0.4) is 0 Å². The third kappa shape index (κ3) is 6.69. The highest BCUT2D eigenvalue weighted by Crippen LogP contribution is 2.33. The molecule has 0 aliphatic rings. The Bertz CT molecular complexity index is 1120. The Labute approximate surface area is 203 Å². The smallest absolute Gasteiger partial charge is 0.271 e. The molecule has 7 nitrogen and oxygen atoms in total. The van der Waals surface area contributed by atoms with Crippen LogP contribution in [0.1, 0.15) is 15.9 Å². The van der Waals surface area contributed by atoms with Gasteiger partial charge in [-0.2, -0.15) is 5.10 Å². The first-order valence-corrected chi connectivity index (χ1v) is 10.9. The zero-order valence-electron chi connectivity index (χ0n) is 17.0. The van der Waals surface area contributed by atoms with E-state index in [9.17, 15) is 9.59 Å². The van der Waals surface area contributed by atoms with Crippen molar-refractivity contribution in [1.82, 2.24) is 5.43 Å². The van der Waals surface area contributed by atoms with Crippen LogP contribution in [0.15, 0.2) is 71.8 Å². The number of hydrogen-bond acceptors (Lipinski definition) is 5. The average Bonchev–Trinajstić information content (AvgIpc) is 2.80. The minimum absolute atomic E-state index is 0.199. The number of amides is 2. The summed E-state index contributed by atoms with van der Waals surface area (Å²) in [5.74, 6) is 0.242. The molecule has 0 aromatic heterocycles. The van der Waals surface area contributed by atoms with Crippen molar-refractivity contribution < 1.29 is 19.1 Å². The van der Waals surface area contributed by atoms with Gasteiger partial charge in [-0.3, -0.25) is 9.59 Å². The van der Waals surface area contributed by atoms with Gasteiger partial charge in [-0.1, -0.05) is 29.8 Å². The SMILES string of the molecule is COc1cc(/C=N/NC(=O)c2ccccc2)cc(I)c1OCC(=O)Nc1ccc(Cl)cc1. The van der Waals surface area contributed by atoms with Crippen LogP contribution in [0.4, 0.5) is 5.69 Å². The lowest BCUT2D eigenvalue weighted by Crippen LogP contribution is -2.20. The van der Waals surface area contributed by atoms with Gasteiger partial charge in [0.1, 0.15) is 0 Å². The first-order chi connectivity index (χ1) is 15.5. The van der Waals surface area contributed by atoms with Crippen molar-refractivity contribution in [2.24, 2.45) is 5.10 Å². The molecule has 0 aliphatic carbocycles. The van der Waals surface area contributed by atoms with Crippen molar-refractivity contribution in [1.29, 1.82) is 0 Å². The fourth-order valence-corrected chi connectivity index (χ4v) is 3.55. The quantitative estimate of drug-likeness (QED) is 0.236. The number of nitrogens with zero attached hydrogens (tertiary/aromatic N) is 1. The molecule has 0 atom stereocenters. The van der Waals surface area contributed by atoms with E-state index in [-0.39, 0.29) is 18.4 Å². The molecule has 3 aromatic carbocycles. The van der Waals surface area contributed by atoms with Gasteiger partial charge >= 0.3 is 0 Å². The van der Waals surface area contributed by atoms with Crippen LogP contribution in [-0.4, -0.2) is 31.7 Å². The van der Waals surface area contributed by atoms with Gasteiger partial charge in [-0.15, -0.1) is 0 Å². The van der Waals surface area contributed by atoms with Crippen LogP contribution in [-0.2, 0) is 4.79 Å². The Morgan fingerprint density at radius 2 is 1.81 bits per heavy atom. The molecule has 2 amide bonds. The number of carbonyl (C=O) groups is 2. The Morgan fingerprint density at radius 3 is 2.50 bits per heavy atom. The minimum atomic E-state index is -0.320. The summed E-state index contributed by atoms with van der Waals surface area (Å²) in [4.78, 5) is 24.3. The second-order valence-electron chi connectivity index (χ2n) is 6.44. The number of benzene rings is 3. The number of rotatable bonds is 8. The van der Waals surface area contributed by atoms with Crippen LogP contribution >= 0.6 is 34.2 Å². The first-order valence-electron chi connectivity index (χ1n) is 9.40. The lowest BCUT2D eigenvalue weighted by molar-refractivity contribution is -0.118. The average molecular weight is 564 g/mol. The Hall–Kier alpha value is -3.11. The predicted octanol–water partition coefficient (Wildman–Crippen LogP) is 4.73. The topological polar surface area (TPSA) is 89.0 Å². The normalized spacial score (nSPS) is 10.6. The van der Waals surface area contributed by atoms with Crippen molar-refractivity contribution in [3.8, 4) is 11.5 Å².